The number of nitrogens with one attached hydrogen (secondary N) is 2. The van der Waals surface area contributed by atoms with Crippen molar-refractivity contribution in [1.82, 2.24) is 15.5 Å². The Morgan fingerprint density at radius 1 is 0.980 bits per heavy atom. The number of hydrogen-bond donors (Lipinski definition) is 2. The van der Waals surface area contributed by atoms with Crippen LogP contribution in [0.15, 0.2) is 82.6 Å². The summed E-state index contributed by atoms with van der Waals surface area (Å²) >= 11 is 1.43. The first-order valence-electron chi connectivity index (χ1n) is 17.4. The topological polar surface area (TPSA) is 108 Å². The van der Waals surface area contributed by atoms with E-state index in [4.69, 9.17) is 4.74 Å². The number of carbonyl (C=O) groups excluding carboxylic acids is 2. The van der Waals surface area contributed by atoms with E-state index in [1.807, 2.05) is 73.0 Å². The van der Waals surface area contributed by atoms with Crippen LogP contribution in [0, 0.1) is 5.41 Å². The Bertz CT molecular complexity index is 1670. The van der Waals surface area contributed by atoms with E-state index in [1.165, 1.54) is 18.2 Å². The quantitative estimate of drug-likeness (QED) is 0.178. The highest BCUT2D eigenvalue weighted by molar-refractivity contribution is 7.98. The number of ether oxygens (including phenoxy) is 1. The molecule has 9 nitrogen and oxygen atoms in total. The van der Waals surface area contributed by atoms with Crippen LogP contribution < -0.4 is 20.3 Å². The number of hydrogen-bond acceptors (Lipinski definition) is 8. The summed E-state index contributed by atoms with van der Waals surface area (Å²) in [5, 5.41) is 5.85. The van der Waals surface area contributed by atoms with Gasteiger partial charge in [0.25, 0.3) is 5.91 Å². The number of fused-ring (bicyclic) bond motifs is 1. The third-order valence-corrected chi connectivity index (χ3v) is 12.5. The number of likely N-dealkylation sites (tertiary alicyclic amines) is 1. The minimum Gasteiger partial charge on any atom is -0.483 e. The molecule has 0 radical (unpaired) electrons. The molecule has 0 spiro atoms. The van der Waals surface area contributed by atoms with E-state index in [1.54, 1.807) is 6.07 Å². The Hall–Kier alpha value is -3.54. The summed E-state index contributed by atoms with van der Waals surface area (Å²) in [6, 6.07) is 21.6. The molecule has 0 aromatic heterocycles. The van der Waals surface area contributed by atoms with Crippen LogP contribution in [-0.2, 0) is 19.4 Å². The van der Waals surface area contributed by atoms with E-state index in [0.29, 0.717) is 30.2 Å². The molecular formula is C38H50N4O5S2. The van der Waals surface area contributed by atoms with Crippen molar-refractivity contribution in [3.8, 4) is 5.75 Å². The number of nitrogens with zero attached hydrogens (tertiary/aromatic N) is 2. The van der Waals surface area contributed by atoms with Crippen molar-refractivity contribution in [2.24, 2.45) is 5.41 Å². The molecule has 1 fully saturated rings. The van der Waals surface area contributed by atoms with Crippen molar-refractivity contribution in [3.63, 3.8) is 0 Å². The average molecular weight is 707 g/mol. The number of piperidine rings is 1. The molecule has 2 aliphatic rings. The molecule has 1 unspecified atom stereocenters. The molecule has 0 aliphatic carbocycles. The Morgan fingerprint density at radius 2 is 1.67 bits per heavy atom. The first-order chi connectivity index (χ1) is 23.7. The van der Waals surface area contributed by atoms with Gasteiger partial charge < -0.3 is 20.3 Å². The highest BCUT2D eigenvalue weighted by Crippen LogP contribution is 2.47. The van der Waals surface area contributed by atoms with Gasteiger partial charge in [-0.1, -0.05) is 81.6 Å². The van der Waals surface area contributed by atoms with E-state index >= 15 is 0 Å². The molecule has 2 aliphatic heterocycles. The number of thioether (sulfide) groups is 1. The molecular weight excluding hydrogens is 657 g/mol. The first kappa shape index (κ1) is 36.7. The minimum absolute atomic E-state index is 0.0384. The molecule has 3 aromatic carbocycles. The molecule has 0 saturated carbocycles. The molecule has 2 N–H and O–H groups in total. The lowest BCUT2D eigenvalue weighted by Gasteiger charge is -2.36. The molecule has 11 heteroatoms. The van der Waals surface area contributed by atoms with E-state index in [2.05, 4.69) is 34.3 Å². The minimum atomic E-state index is -3.73. The summed E-state index contributed by atoms with van der Waals surface area (Å²) in [5.41, 5.74) is 1.79. The normalized spacial score (nSPS) is 19.7. The van der Waals surface area contributed by atoms with Gasteiger partial charge in [0.2, 0.25) is 5.91 Å². The van der Waals surface area contributed by atoms with Crippen molar-refractivity contribution in [2.45, 2.75) is 74.6 Å². The van der Waals surface area contributed by atoms with E-state index < -0.39 is 27.2 Å². The Balaban J connectivity index is 1.40. The number of benzene rings is 3. The first-order valence-corrected chi connectivity index (χ1v) is 20.3. The largest absolute Gasteiger partial charge is 0.483 e. The Morgan fingerprint density at radius 3 is 2.33 bits per heavy atom. The second-order valence-corrected chi connectivity index (χ2v) is 16.0. The van der Waals surface area contributed by atoms with Crippen LogP contribution in [-0.4, -0.2) is 70.1 Å². The third-order valence-electron chi connectivity index (χ3n) is 9.72. The predicted molar refractivity (Wildman–Crippen MR) is 197 cm³/mol. The number of rotatable bonds is 14. The summed E-state index contributed by atoms with van der Waals surface area (Å²) in [6.45, 7) is 6.71. The summed E-state index contributed by atoms with van der Waals surface area (Å²) in [7, 11) is -3.73. The van der Waals surface area contributed by atoms with Gasteiger partial charge in [-0.15, -0.1) is 11.8 Å². The van der Waals surface area contributed by atoms with Crippen LogP contribution in [0.25, 0.3) is 0 Å². The fourth-order valence-corrected chi connectivity index (χ4v) is 9.57. The molecule has 2 heterocycles. The third kappa shape index (κ3) is 9.18. The highest BCUT2D eigenvalue weighted by Gasteiger charge is 2.42. The van der Waals surface area contributed by atoms with Crippen molar-refractivity contribution in [3.05, 3.63) is 78.4 Å². The van der Waals surface area contributed by atoms with Gasteiger partial charge in [-0.25, -0.2) is 8.42 Å². The van der Waals surface area contributed by atoms with Crippen molar-refractivity contribution in [1.29, 1.82) is 0 Å². The monoisotopic (exact) mass is 706 g/mol. The van der Waals surface area contributed by atoms with Crippen molar-refractivity contribution >= 4 is 44.8 Å². The number of sulfone groups is 1. The van der Waals surface area contributed by atoms with Gasteiger partial charge >= 0.3 is 0 Å². The molecule has 0 bridgehead atoms. The maximum Gasteiger partial charge on any atom is 0.258 e. The zero-order valence-electron chi connectivity index (χ0n) is 29.0. The van der Waals surface area contributed by atoms with Crippen LogP contribution in [0.5, 0.6) is 5.75 Å². The van der Waals surface area contributed by atoms with Crippen molar-refractivity contribution in [2.75, 3.05) is 49.8 Å². The number of unbranched alkanes of at least 4 members (excludes halogenated alkanes) is 1. The number of anilines is 2. The summed E-state index contributed by atoms with van der Waals surface area (Å²) in [6.07, 6.45) is 8.80. The lowest BCUT2D eigenvalue weighted by molar-refractivity contribution is -0.130. The molecule has 3 aromatic rings. The lowest BCUT2D eigenvalue weighted by Crippen LogP contribution is -2.46. The second kappa shape index (κ2) is 16.9. The Labute approximate surface area is 296 Å². The van der Waals surface area contributed by atoms with E-state index in [0.717, 1.165) is 62.2 Å². The molecule has 1 saturated heterocycles. The van der Waals surface area contributed by atoms with Gasteiger partial charge in [0, 0.05) is 23.7 Å². The SMILES string of the molecule is CCCCC1(CC)CN(c2ccccc2)c2cc(SC)c(OCC(=O)N[C@@H](C(=O)NCN3CCCCC3)c3ccccc3)cc2S(=O)(=O)C1. The summed E-state index contributed by atoms with van der Waals surface area (Å²) in [5.74, 6) is -0.422. The summed E-state index contributed by atoms with van der Waals surface area (Å²) < 4.78 is 34.6. The van der Waals surface area contributed by atoms with Gasteiger partial charge in [-0.2, -0.15) is 0 Å². The lowest BCUT2D eigenvalue weighted by atomic mass is 9.81. The zero-order valence-corrected chi connectivity index (χ0v) is 30.6. The number of carbonyl (C=O) groups is 2. The number of amides is 2. The average Bonchev–Trinajstić information content (AvgIpc) is 3.23. The van der Waals surface area contributed by atoms with Crippen LogP contribution in [0.1, 0.15) is 70.4 Å². The maximum atomic E-state index is 14.2. The molecule has 264 valence electrons. The van der Waals surface area contributed by atoms with E-state index in [9.17, 15) is 18.0 Å². The van der Waals surface area contributed by atoms with Gasteiger partial charge in [-0.3, -0.25) is 14.5 Å². The van der Waals surface area contributed by atoms with Gasteiger partial charge in [0.1, 0.15) is 11.8 Å². The molecule has 5 rings (SSSR count). The number of para-hydroxylation sites is 1. The second-order valence-electron chi connectivity index (χ2n) is 13.2. The fourth-order valence-electron chi connectivity index (χ4n) is 6.84. The van der Waals surface area contributed by atoms with Crippen LogP contribution >= 0.6 is 11.8 Å². The molecule has 2 amide bonds. The Kier molecular flexibility index (Phi) is 12.7. The molecule has 49 heavy (non-hydrogen) atoms. The highest BCUT2D eigenvalue weighted by atomic mass is 32.2. The van der Waals surface area contributed by atoms with Gasteiger partial charge in [0.15, 0.2) is 16.4 Å². The van der Waals surface area contributed by atoms with E-state index in [-0.39, 0.29) is 23.2 Å². The van der Waals surface area contributed by atoms with Crippen molar-refractivity contribution < 1.29 is 22.7 Å². The molecule has 2 atom stereocenters. The smallest absolute Gasteiger partial charge is 0.258 e. The predicted octanol–water partition coefficient (Wildman–Crippen LogP) is 6.72. The summed E-state index contributed by atoms with van der Waals surface area (Å²) in [4.78, 5) is 32.0. The van der Waals surface area contributed by atoms with Crippen LogP contribution in [0.2, 0.25) is 0 Å². The van der Waals surface area contributed by atoms with Gasteiger partial charge in [0.05, 0.1) is 27.9 Å². The van der Waals surface area contributed by atoms with Crippen LogP contribution in [0.4, 0.5) is 11.4 Å². The fraction of sp³-hybridized carbons (Fsp3) is 0.474. The van der Waals surface area contributed by atoms with Crippen LogP contribution in [0.3, 0.4) is 0 Å². The zero-order chi connectivity index (χ0) is 34.9. The standard InChI is InChI=1S/C38H50N4O5S2/c1-4-6-20-38(5-2)26-42(30-18-12-8-13-19-30)31-23-33(48-3)32(24-34(31)49(45,46)27-38)47-25-35(43)40-36(29-16-10-7-11-17-29)37(44)39-28-41-21-14-9-15-22-41/h7-8,10-13,16-19,23-24,36H,4-6,9,14-15,20-22,25-28H2,1-3H3,(H,39,44)(H,40,43)/t36-,38?/m1/s1. The maximum absolute atomic E-state index is 14.2. The van der Waals surface area contributed by atoms with Gasteiger partial charge in [-0.05, 0) is 68.8 Å².